The van der Waals surface area contributed by atoms with Crippen molar-refractivity contribution in [2.45, 2.75) is 30.9 Å². The summed E-state index contributed by atoms with van der Waals surface area (Å²) in [5, 5.41) is 3.39. The van der Waals surface area contributed by atoms with E-state index < -0.39 is 0 Å². The third-order valence-corrected chi connectivity index (χ3v) is 4.10. The number of thioether (sulfide) groups is 1. The molecule has 2 aromatic rings. The molecule has 0 unspecified atom stereocenters. The van der Waals surface area contributed by atoms with Crippen LogP contribution in [0.15, 0.2) is 53.4 Å². The lowest BCUT2D eigenvalue weighted by molar-refractivity contribution is 1.10. The van der Waals surface area contributed by atoms with Crippen molar-refractivity contribution in [1.82, 2.24) is 0 Å². The van der Waals surface area contributed by atoms with E-state index in [0.29, 0.717) is 0 Å². The minimum absolute atomic E-state index is 1.05. The van der Waals surface area contributed by atoms with Crippen LogP contribution in [-0.2, 0) is 12.2 Å². The molecular formula is C17H21NS. The minimum atomic E-state index is 1.05. The number of nitrogens with one attached hydrogen (secondary N) is 1. The van der Waals surface area contributed by atoms with Crippen molar-refractivity contribution < 1.29 is 0 Å². The number of anilines is 1. The van der Waals surface area contributed by atoms with Gasteiger partial charge in [0.2, 0.25) is 0 Å². The highest BCUT2D eigenvalue weighted by atomic mass is 32.2. The van der Waals surface area contributed by atoms with Crippen LogP contribution in [0.3, 0.4) is 0 Å². The normalized spacial score (nSPS) is 12.1. The molecule has 2 aromatic carbocycles. The molecule has 1 aliphatic heterocycles. The summed E-state index contributed by atoms with van der Waals surface area (Å²) in [6, 6.07) is 17.4. The first kappa shape index (κ1) is 14.0. The van der Waals surface area contributed by atoms with E-state index in [-0.39, 0.29) is 0 Å². The van der Waals surface area contributed by atoms with Crippen LogP contribution >= 0.6 is 11.8 Å². The summed E-state index contributed by atoms with van der Waals surface area (Å²) >= 11 is 1.91. The fourth-order valence-electron chi connectivity index (χ4n) is 2.11. The molecule has 1 N–H and O–H groups in total. The highest BCUT2D eigenvalue weighted by Gasteiger charge is 2.09. The minimum Gasteiger partial charge on any atom is -0.384 e. The molecule has 0 aromatic heterocycles. The Morgan fingerprint density at radius 1 is 1.05 bits per heavy atom. The lowest BCUT2D eigenvalue weighted by Crippen LogP contribution is -1.90. The molecule has 1 aliphatic rings. The average Bonchev–Trinajstić information content (AvgIpc) is 2.96. The third kappa shape index (κ3) is 3.77. The smallest absolute Gasteiger partial charge is 0.0374 e. The molecule has 100 valence electrons. The molecule has 19 heavy (non-hydrogen) atoms. The monoisotopic (exact) mass is 271 g/mol. The van der Waals surface area contributed by atoms with E-state index in [9.17, 15) is 0 Å². The molecule has 1 nitrogen and oxygen atoms in total. The van der Waals surface area contributed by atoms with Gasteiger partial charge in [-0.3, -0.25) is 0 Å². The van der Waals surface area contributed by atoms with E-state index in [2.05, 4.69) is 53.8 Å². The van der Waals surface area contributed by atoms with E-state index in [1.807, 2.05) is 25.6 Å². The van der Waals surface area contributed by atoms with Crippen molar-refractivity contribution in [3.05, 3.63) is 59.7 Å². The van der Waals surface area contributed by atoms with Gasteiger partial charge in [-0.2, -0.15) is 0 Å². The Labute approximate surface area is 120 Å². The average molecular weight is 271 g/mol. The van der Waals surface area contributed by atoms with Gasteiger partial charge >= 0.3 is 0 Å². The molecule has 0 bridgehead atoms. The van der Waals surface area contributed by atoms with E-state index in [1.54, 1.807) is 0 Å². The predicted molar refractivity (Wildman–Crippen MR) is 86.0 cm³/mol. The second kappa shape index (κ2) is 7.25. The Hall–Kier alpha value is -1.41. The molecule has 2 heteroatoms. The standard InChI is InChI=1S/C15H15NS.C2H6/c1-2-4-12(5-3-1)11-17-14-6-7-15-13(10-14)8-9-16-15;1-2/h1-7,10,16H,8-9,11H2;1-2H3. The van der Waals surface area contributed by atoms with Crippen LogP contribution < -0.4 is 5.32 Å². The first-order valence-electron chi connectivity index (χ1n) is 6.95. The first-order valence-corrected chi connectivity index (χ1v) is 7.94. The maximum atomic E-state index is 3.39. The zero-order chi connectivity index (χ0) is 13.5. The van der Waals surface area contributed by atoms with Gasteiger partial charge in [-0.1, -0.05) is 44.2 Å². The van der Waals surface area contributed by atoms with Gasteiger partial charge in [0.15, 0.2) is 0 Å². The second-order valence-electron chi connectivity index (χ2n) is 4.27. The lowest BCUT2D eigenvalue weighted by Gasteiger charge is -2.04. The molecule has 0 amide bonds. The van der Waals surface area contributed by atoms with Crippen LogP contribution in [0.5, 0.6) is 0 Å². The Kier molecular flexibility index (Phi) is 5.34. The van der Waals surface area contributed by atoms with Crippen LogP contribution in [0.25, 0.3) is 0 Å². The number of rotatable bonds is 3. The van der Waals surface area contributed by atoms with Crippen LogP contribution in [0.2, 0.25) is 0 Å². The van der Waals surface area contributed by atoms with Crippen molar-refractivity contribution in [3.63, 3.8) is 0 Å². The van der Waals surface area contributed by atoms with Gasteiger partial charge in [-0.25, -0.2) is 0 Å². The lowest BCUT2D eigenvalue weighted by atomic mass is 10.2. The summed E-state index contributed by atoms with van der Waals surface area (Å²) in [6.07, 6.45) is 1.16. The zero-order valence-electron chi connectivity index (χ0n) is 11.6. The Morgan fingerprint density at radius 3 is 2.63 bits per heavy atom. The summed E-state index contributed by atoms with van der Waals surface area (Å²) in [4.78, 5) is 1.37. The topological polar surface area (TPSA) is 12.0 Å². The van der Waals surface area contributed by atoms with Crippen molar-refractivity contribution in [3.8, 4) is 0 Å². The van der Waals surface area contributed by atoms with Crippen molar-refractivity contribution in [2.24, 2.45) is 0 Å². The third-order valence-electron chi connectivity index (χ3n) is 3.03. The maximum Gasteiger partial charge on any atom is 0.0374 e. The van der Waals surface area contributed by atoms with Gasteiger partial charge in [0.1, 0.15) is 0 Å². The number of fused-ring (bicyclic) bond motifs is 1. The summed E-state index contributed by atoms with van der Waals surface area (Å²) < 4.78 is 0. The van der Waals surface area contributed by atoms with E-state index >= 15 is 0 Å². The summed E-state index contributed by atoms with van der Waals surface area (Å²) in [7, 11) is 0. The van der Waals surface area contributed by atoms with Gasteiger partial charge in [-0.15, -0.1) is 11.8 Å². The Balaban J connectivity index is 0.000000637. The second-order valence-corrected chi connectivity index (χ2v) is 5.32. The highest BCUT2D eigenvalue weighted by Crippen LogP contribution is 2.29. The zero-order valence-corrected chi connectivity index (χ0v) is 12.5. The van der Waals surface area contributed by atoms with Gasteiger partial charge in [0, 0.05) is 22.9 Å². The van der Waals surface area contributed by atoms with E-state index in [0.717, 1.165) is 18.7 Å². The van der Waals surface area contributed by atoms with Crippen LogP contribution in [0.1, 0.15) is 25.0 Å². The fourth-order valence-corrected chi connectivity index (χ4v) is 3.03. The number of hydrogen-bond donors (Lipinski definition) is 1. The van der Waals surface area contributed by atoms with Crippen molar-refractivity contribution in [1.29, 1.82) is 0 Å². The summed E-state index contributed by atoms with van der Waals surface area (Å²) in [5.41, 5.74) is 4.16. The molecule has 0 atom stereocenters. The largest absolute Gasteiger partial charge is 0.384 e. The SMILES string of the molecule is CC.c1ccc(CSc2ccc3c(c2)CCN3)cc1. The molecule has 0 spiro atoms. The molecular weight excluding hydrogens is 250 g/mol. The molecule has 0 aliphatic carbocycles. The molecule has 0 radical (unpaired) electrons. The van der Waals surface area contributed by atoms with Gasteiger partial charge in [0.05, 0.1) is 0 Å². The predicted octanol–water partition coefficient (Wildman–Crippen LogP) is 4.97. The molecule has 0 saturated heterocycles. The molecule has 1 heterocycles. The molecule has 0 fully saturated rings. The molecule has 0 saturated carbocycles. The number of benzene rings is 2. The van der Waals surface area contributed by atoms with Crippen molar-refractivity contribution in [2.75, 3.05) is 11.9 Å². The van der Waals surface area contributed by atoms with Crippen LogP contribution in [0, 0.1) is 0 Å². The molecule has 3 rings (SSSR count). The van der Waals surface area contributed by atoms with Crippen molar-refractivity contribution >= 4 is 17.4 Å². The maximum absolute atomic E-state index is 3.39. The van der Waals surface area contributed by atoms with Gasteiger partial charge in [-0.05, 0) is 35.7 Å². The summed E-state index contributed by atoms with van der Waals surface area (Å²) in [6.45, 7) is 5.09. The fraction of sp³-hybridized carbons (Fsp3) is 0.294. The van der Waals surface area contributed by atoms with Gasteiger partial charge < -0.3 is 5.32 Å². The van der Waals surface area contributed by atoms with E-state index in [1.165, 1.54) is 21.7 Å². The summed E-state index contributed by atoms with van der Waals surface area (Å²) in [5.74, 6) is 1.05. The van der Waals surface area contributed by atoms with Gasteiger partial charge in [0.25, 0.3) is 0 Å². The van der Waals surface area contributed by atoms with E-state index in [4.69, 9.17) is 0 Å². The number of hydrogen-bond acceptors (Lipinski definition) is 2. The van der Waals surface area contributed by atoms with Crippen LogP contribution in [-0.4, -0.2) is 6.54 Å². The first-order chi connectivity index (χ1) is 9.42. The van der Waals surface area contributed by atoms with Crippen LogP contribution in [0.4, 0.5) is 5.69 Å². The quantitative estimate of drug-likeness (QED) is 0.791. The highest BCUT2D eigenvalue weighted by molar-refractivity contribution is 7.98. The Morgan fingerprint density at radius 2 is 1.84 bits per heavy atom. The Bertz CT molecular complexity index is 508.